The van der Waals surface area contributed by atoms with Gasteiger partial charge < -0.3 is 5.32 Å². The van der Waals surface area contributed by atoms with E-state index >= 15 is 0 Å². The molecule has 0 saturated heterocycles. The molecule has 114 valence electrons. The Bertz CT molecular complexity index is 483. The summed E-state index contributed by atoms with van der Waals surface area (Å²) < 4.78 is 26.8. The van der Waals surface area contributed by atoms with Gasteiger partial charge in [-0.2, -0.15) is 0 Å². The minimum atomic E-state index is -3.27. The minimum absolute atomic E-state index is 0.352. The van der Waals surface area contributed by atoms with E-state index in [1.54, 1.807) is 6.92 Å². The molecular formula is C15H26N2O2S. The Kier molecular flexibility index (Phi) is 7.19. The summed E-state index contributed by atoms with van der Waals surface area (Å²) in [6.07, 6.45) is 2.00. The number of sulfonamides is 1. The molecule has 0 amide bonds. The highest BCUT2D eigenvalue weighted by molar-refractivity contribution is 7.90. The number of rotatable bonds is 9. The van der Waals surface area contributed by atoms with E-state index in [2.05, 4.69) is 23.9 Å². The molecule has 0 saturated carbocycles. The SMILES string of the molecule is CCCNCC(C)S(=O)(=O)NCc1ccc(CC)cc1. The molecule has 0 aliphatic rings. The molecular weight excluding hydrogens is 272 g/mol. The van der Waals surface area contributed by atoms with Crippen LogP contribution < -0.4 is 10.0 Å². The lowest BCUT2D eigenvalue weighted by molar-refractivity contribution is 0.557. The van der Waals surface area contributed by atoms with Gasteiger partial charge in [0.15, 0.2) is 0 Å². The van der Waals surface area contributed by atoms with Gasteiger partial charge in [0.2, 0.25) is 10.0 Å². The van der Waals surface area contributed by atoms with Crippen molar-refractivity contribution in [1.29, 1.82) is 0 Å². The second-order valence-corrected chi connectivity index (χ2v) is 7.23. The molecule has 0 bridgehead atoms. The normalized spacial score (nSPS) is 13.3. The van der Waals surface area contributed by atoms with Gasteiger partial charge >= 0.3 is 0 Å². The standard InChI is InChI=1S/C15H26N2O2S/c1-4-10-16-11-13(3)20(18,19)17-12-15-8-6-14(5-2)7-9-15/h6-9,13,16-17H,4-5,10-12H2,1-3H3. The summed E-state index contributed by atoms with van der Waals surface area (Å²) in [5, 5.41) is 2.71. The summed E-state index contributed by atoms with van der Waals surface area (Å²) in [5.74, 6) is 0. The van der Waals surface area contributed by atoms with Crippen molar-refractivity contribution < 1.29 is 8.42 Å². The van der Waals surface area contributed by atoms with Crippen molar-refractivity contribution >= 4 is 10.0 Å². The Morgan fingerprint density at radius 2 is 1.70 bits per heavy atom. The molecule has 4 nitrogen and oxygen atoms in total. The number of benzene rings is 1. The van der Waals surface area contributed by atoms with Gasteiger partial charge in [-0.05, 0) is 37.4 Å². The van der Waals surface area contributed by atoms with Crippen LogP contribution in [-0.4, -0.2) is 26.8 Å². The summed E-state index contributed by atoms with van der Waals surface area (Å²) in [4.78, 5) is 0. The van der Waals surface area contributed by atoms with E-state index in [0.717, 1.165) is 24.9 Å². The molecule has 0 fully saturated rings. The van der Waals surface area contributed by atoms with Crippen molar-refractivity contribution in [2.24, 2.45) is 0 Å². The zero-order valence-electron chi connectivity index (χ0n) is 12.6. The topological polar surface area (TPSA) is 58.2 Å². The fourth-order valence-electron chi connectivity index (χ4n) is 1.81. The molecule has 1 aromatic carbocycles. The number of nitrogens with one attached hydrogen (secondary N) is 2. The van der Waals surface area contributed by atoms with E-state index in [1.807, 2.05) is 24.3 Å². The molecule has 0 aromatic heterocycles. The number of hydrogen-bond donors (Lipinski definition) is 2. The van der Waals surface area contributed by atoms with Gasteiger partial charge in [-0.25, -0.2) is 13.1 Å². The predicted octanol–water partition coefficient (Wildman–Crippen LogP) is 2.06. The van der Waals surface area contributed by atoms with Crippen LogP contribution in [0.25, 0.3) is 0 Å². The molecule has 0 heterocycles. The van der Waals surface area contributed by atoms with Gasteiger partial charge in [-0.15, -0.1) is 0 Å². The molecule has 1 aromatic rings. The molecule has 2 N–H and O–H groups in total. The average molecular weight is 298 g/mol. The van der Waals surface area contributed by atoms with Gasteiger partial charge in [-0.1, -0.05) is 38.1 Å². The van der Waals surface area contributed by atoms with E-state index < -0.39 is 15.3 Å². The first-order chi connectivity index (χ1) is 9.49. The maximum absolute atomic E-state index is 12.1. The van der Waals surface area contributed by atoms with E-state index in [4.69, 9.17) is 0 Å². The first-order valence-corrected chi connectivity index (χ1v) is 8.81. The van der Waals surface area contributed by atoms with Crippen LogP contribution in [-0.2, 0) is 23.0 Å². The van der Waals surface area contributed by atoms with Crippen LogP contribution in [0, 0.1) is 0 Å². The summed E-state index contributed by atoms with van der Waals surface area (Å²) in [5.41, 5.74) is 2.24. The van der Waals surface area contributed by atoms with Crippen LogP contribution in [0.5, 0.6) is 0 Å². The molecule has 5 heteroatoms. The molecule has 0 radical (unpaired) electrons. The third-order valence-electron chi connectivity index (χ3n) is 3.30. The number of hydrogen-bond acceptors (Lipinski definition) is 3. The lowest BCUT2D eigenvalue weighted by Crippen LogP contribution is -2.38. The van der Waals surface area contributed by atoms with Crippen molar-refractivity contribution in [2.45, 2.75) is 45.4 Å². The third kappa shape index (κ3) is 5.61. The molecule has 1 rings (SSSR count). The van der Waals surface area contributed by atoms with Gasteiger partial charge in [-0.3, -0.25) is 0 Å². The average Bonchev–Trinajstić information content (AvgIpc) is 2.46. The number of aryl methyl sites for hydroxylation is 1. The summed E-state index contributed by atoms with van der Waals surface area (Å²) in [6, 6.07) is 8.02. The minimum Gasteiger partial charge on any atom is -0.315 e. The van der Waals surface area contributed by atoms with Crippen molar-refractivity contribution in [3.05, 3.63) is 35.4 Å². The van der Waals surface area contributed by atoms with E-state index in [0.29, 0.717) is 13.1 Å². The smallest absolute Gasteiger partial charge is 0.215 e. The van der Waals surface area contributed by atoms with Crippen LogP contribution in [0.1, 0.15) is 38.3 Å². The highest BCUT2D eigenvalue weighted by Crippen LogP contribution is 2.06. The third-order valence-corrected chi connectivity index (χ3v) is 5.07. The fraction of sp³-hybridized carbons (Fsp3) is 0.600. The first-order valence-electron chi connectivity index (χ1n) is 7.26. The van der Waals surface area contributed by atoms with Gasteiger partial charge in [0.25, 0.3) is 0 Å². The summed E-state index contributed by atoms with van der Waals surface area (Å²) in [7, 11) is -3.27. The highest BCUT2D eigenvalue weighted by atomic mass is 32.2. The Balaban J connectivity index is 2.49. The van der Waals surface area contributed by atoms with Crippen molar-refractivity contribution in [3.8, 4) is 0 Å². The molecule has 0 spiro atoms. The lowest BCUT2D eigenvalue weighted by atomic mass is 10.1. The van der Waals surface area contributed by atoms with Crippen LogP contribution in [0.4, 0.5) is 0 Å². The molecule has 0 aliphatic carbocycles. The fourth-order valence-corrected chi connectivity index (χ4v) is 2.80. The van der Waals surface area contributed by atoms with Crippen LogP contribution in [0.15, 0.2) is 24.3 Å². The van der Waals surface area contributed by atoms with Crippen molar-refractivity contribution in [3.63, 3.8) is 0 Å². The molecule has 1 atom stereocenters. The maximum Gasteiger partial charge on any atom is 0.215 e. The van der Waals surface area contributed by atoms with Crippen molar-refractivity contribution in [2.75, 3.05) is 13.1 Å². The maximum atomic E-state index is 12.1. The molecule has 0 aliphatic heterocycles. The zero-order valence-corrected chi connectivity index (χ0v) is 13.5. The summed E-state index contributed by atoms with van der Waals surface area (Å²) in [6.45, 7) is 7.57. The summed E-state index contributed by atoms with van der Waals surface area (Å²) >= 11 is 0. The first kappa shape index (κ1) is 17.1. The van der Waals surface area contributed by atoms with E-state index in [-0.39, 0.29) is 0 Å². The second-order valence-electron chi connectivity index (χ2n) is 5.05. The largest absolute Gasteiger partial charge is 0.315 e. The van der Waals surface area contributed by atoms with Crippen LogP contribution >= 0.6 is 0 Å². The van der Waals surface area contributed by atoms with E-state index in [9.17, 15) is 8.42 Å². The Morgan fingerprint density at radius 3 is 2.25 bits per heavy atom. The van der Waals surface area contributed by atoms with Crippen LogP contribution in [0.2, 0.25) is 0 Å². The van der Waals surface area contributed by atoms with Crippen molar-refractivity contribution in [1.82, 2.24) is 10.0 Å². The predicted molar refractivity (Wildman–Crippen MR) is 84.2 cm³/mol. The van der Waals surface area contributed by atoms with Gasteiger partial charge in [0.1, 0.15) is 0 Å². The Morgan fingerprint density at radius 1 is 1.10 bits per heavy atom. The van der Waals surface area contributed by atoms with Gasteiger partial charge in [0, 0.05) is 13.1 Å². The monoisotopic (exact) mass is 298 g/mol. The Labute approximate surface area is 123 Å². The molecule has 20 heavy (non-hydrogen) atoms. The quantitative estimate of drug-likeness (QED) is 0.686. The molecule has 1 unspecified atom stereocenters. The van der Waals surface area contributed by atoms with E-state index in [1.165, 1.54) is 5.56 Å². The zero-order chi connectivity index (χ0) is 15.0. The highest BCUT2D eigenvalue weighted by Gasteiger charge is 2.19. The second kappa shape index (κ2) is 8.39. The van der Waals surface area contributed by atoms with Gasteiger partial charge in [0.05, 0.1) is 5.25 Å². The van der Waals surface area contributed by atoms with Crippen LogP contribution in [0.3, 0.4) is 0 Å². The lowest BCUT2D eigenvalue weighted by Gasteiger charge is -2.14. The Hall–Kier alpha value is -0.910.